The standard InChI is InChI=1S/C24H26N2O6/c1-25(2)9-10-26-21(15-4-7-19(31-3)17(27)13-15)20(23(29)24(26)30)22(28)16-5-6-18-14(12-16)8-11-32-18/h4-7,12-13,21,27-28H,8-11H2,1-3H3/b22-20-. The second-order valence-electron chi connectivity index (χ2n) is 8.15. The lowest BCUT2D eigenvalue weighted by molar-refractivity contribution is -0.140. The van der Waals surface area contributed by atoms with Crippen molar-refractivity contribution in [1.29, 1.82) is 0 Å². The number of rotatable bonds is 6. The summed E-state index contributed by atoms with van der Waals surface area (Å²) in [6.45, 7) is 1.38. The molecule has 0 radical (unpaired) electrons. The first-order valence-corrected chi connectivity index (χ1v) is 10.4. The first-order valence-electron chi connectivity index (χ1n) is 10.4. The van der Waals surface area contributed by atoms with Gasteiger partial charge in [0, 0.05) is 25.1 Å². The molecular formula is C24H26N2O6. The van der Waals surface area contributed by atoms with Gasteiger partial charge in [-0.1, -0.05) is 6.07 Å². The Morgan fingerprint density at radius 3 is 2.69 bits per heavy atom. The second kappa shape index (κ2) is 8.55. The fourth-order valence-corrected chi connectivity index (χ4v) is 4.13. The van der Waals surface area contributed by atoms with Gasteiger partial charge in [-0.05, 0) is 55.6 Å². The largest absolute Gasteiger partial charge is 0.507 e. The van der Waals surface area contributed by atoms with Gasteiger partial charge >= 0.3 is 0 Å². The Hall–Kier alpha value is -3.52. The van der Waals surface area contributed by atoms with Crippen molar-refractivity contribution in [2.45, 2.75) is 12.5 Å². The van der Waals surface area contributed by atoms with Gasteiger partial charge in [0.15, 0.2) is 11.5 Å². The molecule has 1 fully saturated rings. The molecule has 2 aromatic carbocycles. The number of amides is 1. The van der Waals surface area contributed by atoms with E-state index in [0.29, 0.717) is 30.7 Å². The van der Waals surface area contributed by atoms with E-state index in [9.17, 15) is 19.8 Å². The molecule has 168 valence electrons. The molecule has 32 heavy (non-hydrogen) atoms. The molecule has 2 aliphatic rings. The Bertz CT molecular complexity index is 1110. The van der Waals surface area contributed by atoms with Crippen molar-refractivity contribution in [2.24, 2.45) is 0 Å². The molecule has 2 aromatic rings. The van der Waals surface area contributed by atoms with Gasteiger partial charge in [-0.25, -0.2) is 0 Å². The zero-order chi connectivity index (χ0) is 23.0. The SMILES string of the molecule is COc1ccc(C2/C(=C(/O)c3ccc4c(c3)CCO4)C(=O)C(=O)N2CCN(C)C)cc1O. The number of phenolic OH excluding ortho intramolecular Hbond substituents is 1. The van der Waals surface area contributed by atoms with Crippen LogP contribution in [0, 0.1) is 0 Å². The van der Waals surface area contributed by atoms with Crippen molar-refractivity contribution in [2.75, 3.05) is 40.9 Å². The lowest BCUT2D eigenvalue weighted by Crippen LogP contribution is -2.35. The number of nitrogens with zero attached hydrogens (tertiary/aromatic N) is 2. The maximum Gasteiger partial charge on any atom is 0.295 e. The first-order chi connectivity index (χ1) is 15.3. The average Bonchev–Trinajstić information content (AvgIpc) is 3.34. The van der Waals surface area contributed by atoms with Crippen molar-refractivity contribution in [3.63, 3.8) is 0 Å². The molecule has 0 aliphatic carbocycles. The van der Waals surface area contributed by atoms with Crippen LogP contribution in [0.1, 0.15) is 22.7 Å². The molecule has 2 N–H and O–H groups in total. The number of methoxy groups -OCH3 is 1. The molecule has 2 heterocycles. The molecule has 8 nitrogen and oxygen atoms in total. The van der Waals surface area contributed by atoms with E-state index in [4.69, 9.17) is 9.47 Å². The van der Waals surface area contributed by atoms with Gasteiger partial charge in [-0.2, -0.15) is 0 Å². The number of likely N-dealkylation sites (tertiary alicyclic amines) is 1. The molecule has 0 aromatic heterocycles. The number of Topliss-reactive ketones (excluding diaryl/α,β-unsaturated/α-hetero) is 1. The molecule has 1 saturated heterocycles. The Balaban J connectivity index is 1.84. The van der Waals surface area contributed by atoms with Crippen LogP contribution in [0.2, 0.25) is 0 Å². The number of likely N-dealkylation sites (N-methyl/N-ethyl adjacent to an activating group) is 1. The predicted octanol–water partition coefficient (Wildman–Crippen LogP) is 2.32. The van der Waals surface area contributed by atoms with E-state index in [1.807, 2.05) is 19.0 Å². The minimum Gasteiger partial charge on any atom is -0.507 e. The Morgan fingerprint density at radius 1 is 1.22 bits per heavy atom. The molecule has 8 heteroatoms. The molecule has 4 rings (SSSR count). The summed E-state index contributed by atoms with van der Waals surface area (Å²) in [6.07, 6.45) is 0.712. The van der Waals surface area contributed by atoms with Crippen LogP contribution in [0.5, 0.6) is 17.2 Å². The van der Waals surface area contributed by atoms with Crippen molar-refractivity contribution < 1.29 is 29.3 Å². The summed E-state index contributed by atoms with van der Waals surface area (Å²) in [5.41, 5.74) is 1.89. The number of phenols is 1. The fourth-order valence-electron chi connectivity index (χ4n) is 4.13. The summed E-state index contributed by atoms with van der Waals surface area (Å²) in [5, 5.41) is 21.5. The highest BCUT2D eigenvalue weighted by Gasteiger charge is 2.46. The van der Waals surface area contributed by atoms with Crippen molar-refractivity contribution in [1.82, 2.24) is 9.80 Å². The quantitative estimate of drug-likeness (QED) is 0.406. The number of aliphatic hydroxyl groups is 1. The number of aliphatic hydroxyl groups excluding tert-OH is 1. The van der Waals surface area contributed by atoms with Crippen molar-refractivity contribution in [3.05, 3.63) is 58.7 Å². The Morgan fingerprint density at radius 2 is 2.00 bits per heavy atom. The average molecular weight is 438 g/mol. The second-order valence-corrected chi connectivity index (χ2v) is 8.15. The fraction of sp³-hybridized carbons (Fsp3) is 0.333. The molecule has 0 bridgehead atoms. The summed E-state index contributed by atoms with van der Waals surface area (Å²) in [6, 6.07) is 9.10. The topological polar surface area (TPSA) is 99.5 Å². The number of hydrogen-bond donors (Lipinski definition) is 2. The summed E-state index contributed by atoms with van der Waals surface area (Å²) in [4.78, 5) is 29.4. The monoisotopic (exact) mass is 438 g/mol. The van der Waals surface area contributed by atoms with Crippen molar-refractivity contribution in [3.8, 4) is 17.2 Å². The number of carbonyl (C=O) groups is 2. The van der Waals surface area contributed by atoms with Crippen LogP contribution in [0.3, 0.4) is 0 Å². The highest BCUT2D eigenvalue weighted by Crippen LogP contribution is 2.42. The first kappa shape index (κ1) is 21.7. The van der Waals surface area contributed by atoms with E-state index in [1.165, 1.54) is 18.1 Å². The third kappa shape index (κ3) is 3.78. The van der Waals surface area contributed by atoms with E-state index in [0.717, 1.165) is 11.3 Å². The maximum absolute atomic E-state index is 13.1. The Labute approximate surface area is 186 Å². The molecule has 1 unspecified atom stereocenters. The molecule has 1 atom stereocenters. The minimum absolute atomic E-state index is 0.00260. The van der Waals surface area contributed by atoms with E-state index < -0.39 is 17.7 Å². The van der Waals surface area contributed by atoms with Gasteiger partial charge in [0.25, 0.3) is 11.7 Å². The highest BCUT2D eigenvalue weighted by molar-refractivity contribution is 6.46. The number of fused-ring (bicyclic) bond motifs is 1. The number of ether oxygens (including phenoxy) is 2. The van der Waals surface area contributed by atoms with Gasteiger partial charge in [0.1, 0.15) is 11.5 Å². The number of hydrogen-bond acceptors (Lipinski definition) is 7. The van der Waals surface area contributed by atoms with Gasteiger partial charge in [0.05, 0.1) is 25.3 Å². The van der Waals surface area contributed by atoms with Crippen LogP contribution in [-0.2, 0) is 16.0 Å². The molecule has 0 saturated carbocycles. The lowest BCUT2D eigenvalue weighted by Gasteiger charge is -2.27. The summed E-state index contributed by atoms with van der Waals surface area (Å²) >= 11 is 0. The van der Waals surface area contributed by atoms with Gasteiger partial charge in [0.2, 0.25) is 0 Å². The Kier molecular flexibility index (Phi) is 5.80. The van der Waals surface area contributed by atoms with E-state index in [2.05, 4.69) is 0 Å². The third-order valence-corrected chi connectivity index (χ3v) is 5.81. The summed E-state index contributed by atoms with van der Waals surface area (Å²) < 4.78 is 10.6. The zero-order valence-electron chi connectivity index (χ0n) is 18.3. The predicted molar refractivity (Wildman–Crippen MR) is 118 cm³/mol. The minimum atomic E-state index is -0.837. The molecule has 0 spiro atoms. The number of carbonyl (C=O) groups excluding carboxylic acids is 2. The van der Waals surface area contributed by atoms with Gasteiger partial charge < -0.3 is 29.5 Å². The number of aromatic hydroxyl groups is 1. The van der Waals surface area contributed by atoms with Gasteiger partial charge in [-0.15, -0.1) is 0 Å². The van der Waals surface area contributed by atoms with Crippen LogP contribution in [-0.4, -0.2) is 72.6 Å². The maximum atomic E-state index is 13.1. The third-order valence-electron chi connectivity index (χ3n) is 5.81. The molecule has 1 amide bonds. The molecular weight excluding hydrogens is 412 g/mol. The van der Waals surface area contributed by atoms with Crippen LogP contribution >= 0.6 is 0 Å². The van der Waals surface area contributed by atoms with Crippen LogP contribution in [0.15, 0.2) is 42.0 Å². The lowest BCUT2D eigenvalue weighted by atomic mass is 9.94. The van der Waals surface area contributed by atoms with Crippen LogP contribution < -0.4 is 9.47 Å². The van der Waals surface area contributed by atoms with Gasteiger partial charge in [-0.3, -0.25) is 9.59 Å². The highest BCUT2D eigenvalue weighted by atomic mass is 16.5. The summed E-state index contributed by atoms with van der Waals surface area (Å²) in [7, 11) is 5.18. The smallest absolute Gasteiger partial charge is 0.295 e. The van der Waals surface area contributed by atoms with E-state index >= 15 is 0 Å². The number of benzene rings is 2. The van der Waals surface area contributed by atoms with E-state index in [-0.39, 0.29) is 29.4 Å². The van der Waals surface area contributed by atoms with Crippen LogP contribution in [0.4, 0.5) is 0 Å². The zero-order valence-corrected chi connectivity index (χ0v) is 18.3. The van der Waals surface area contributed by atoms with Crippen LogP contribution in [0.25, 0.3) is 5.76 Å². The van der Waals surface area contributed by atoms with Crippen molar-refractivity contribution >= 4 is 17.4 Å². The molecule has 2 aliphatic heterocycles. The number of ketones is 1. The summed E-state index contributed by atoms with van der Waals surface area (Å²) in [5.74, 6) is -0.762. The van der Waals surface area contributed by atoms with E-state index in [1.54, 1.807) is 30.3 Å². The normalized spacial score (nSPS) is 19.4.